The van der Waals surface area contributed by atoms with E-state index in [4.69, 9.17) is 0 Å². The molecule has 1 heterocycles. The van der Waals surface area contributed by atoms with Crippen molar-refractivity contribution in [2.45, 2.75) is 31.8 Å². The number of β-amino-alcohol motifs (C(OH)–C–C–N with tert-alkyl or cyclic N) is 1. The summed E-state index contributed by atoms with van der Waals surface area (Å²) in [6.07, 6.45) is 5.59. The van der Waals surface area contributed by atoms with Crippen molar-refractivity contribution in [1.29, 1.82) is 0 Å². The van der Waals surface area contributed by atoms with E-state index < -0.39 is 0 Å². The Balaban J connectivity index is 1.86. The predicted octanol–water partition coefficient (Wildman–Crippen LogP) is 2.41. The minimum Gasteiger partial charge on any atom is -0.392 e. The topological polar surface area (TPSA) is 23.5 Å². The van der Waals surface area contributed by atoms with Gasteiger partial charge in [-0.3, -0.25) is 0 Å². The van der Waals surface area contributed by atoms with Gasteiger partial charge in [-0.1, -0.05) is 30.3 Å². The summed E-state index contributed by atoms with van der Waals surface area (Å²) in [6.45, 7) is 6.61. The van der Waals surface area contributed by atoms with Gasteiger partial charge in [0.15, 0.2) is 0 Å². The summed E-state index contributed by atoms with van der Waals surface area (Å²) in [6, 6.07) is 8.70. The fourth-order valence-electron chi connectivity index (χ4n) is 2.60. The second kappa shape index (κ2) is 6.72. The Morgan fingerprint density at radius 1 is 1.22 bits per heavy atom. The number of aliphatic hydroxyl groups is 1. The summed E-state index contributed by atoms with van der Waals surface area (Å²) in [5, 5.41) is 9.95. The van der Waals surface area contributed by atoms with Crippen molar-refractivity contribution < 1.29 is 5.11 Å². The molecular weight excluding hydrogens is 222 g/mol. The van der Waals surface area contributed by atoms with Crippen molar-refractivity contribution in [3.63, 3.8) is 0 Å². The Kier molecular flexibility index (Phi) is 4.97. The van der Waals surface area contributed by atoms with E-state index in [2.05, 4.69) is 35.7 Å². The third kappa shape index (κ3) is 3.69. The summed E-state index contributed by atoms with van der Waals surface area (Å²) in [5.74, 6) is 0. The molecule has 18 heavy (non-hydrogen) atoms. The molecule has 1 aromatic rings. The first-order valence-electron chi connectivity index (χ1n) is 6.87. The van der Waals surface area contributed by atoms with Crippen LogP contribution in [-0.2, 0) is 12.8 Å². The molecule has 0 bridgehead atoms. The van der Waals surface area contributed by atoms with Crippen molar-refractivity contribution in [2.75, 3.05) is 19.6 Å². The highest BCUT2D eigenvalue weighted by Gasteiger charge is 2.15. The van der Waals surface area contributed by atoms with Gasteiger partial charge in [0.25, 0.3) is 0 Å². The summed E-state index contributed by atoms with van der Waals surface area (Å²) >= 11 is 0. The highest BCUT2D eigenvalue weighted by Crippen LogP contribution is 2.16. The van der Waals surface area contributed by atoms with E-state index in [1.165, 1.54) is 11.1 Å². The number of hydrogen-bond donors (Lipinski definition) is 1. The van der Waals surface area contributed by atoms with Crippen molar-refractivity contribution in [1.82, 2.24) is 4.90 Å². The predicted molar refractivity (Wildman–Crippen MR) is 75.7 cm³/mol. The highest BCUT2D eigenvalue weighted by atomic mass is 16.3. The zero-order chi connectivity index (χ0) is 12.8. The maximum Gasteiger partial charge on any atom is 0.0670 e. The Bertz CT molecular complexity index is 361. The Hall–Kier alpha value is -1.12. The van der Waals surface area contributed by atoms with Gasteiger partial charge in [-0.15, -0.1) is 6.58 Å². The van der Waals surface area contributed by atoms with Gasteiger partial charge < -0.3 is 10.0 Å². The average molecular weight is 245 g/mol. The van der Waals surface area contributed by atoms with E-state index in [-0.39, 0.29) is 6.10 Å². The van der Waals surface area contributed by atoms with Crippen LogP contribution in [0.2, 0.25) is 0 Å². The zero-order valence-electron chi connectivity index (χ0n) is 11.0. The average Bonchev–Trinajstić information content (AvgIpc) is 2.59. The normalized spacial score (nSPS) is 17.8. The molecule has 0 spiro atoms. The molecule has 0 fully saturated rings. The van der Waals surface area contributed by atoms with E-state index in [1.807, 2.05) is 6.08 Å². The quantitative estimate of drug-likeness (QED) is 0.805. The molecule has 1 atom stereocenters. The monoisotopic (exact) mass is 245 g/mol. The summed E-state index contributed by atoms with van der Waals surface area (Å²) < 4.78 is 0. The van der Waals surface area contributed by atoms with Crippen LogP contribution in [0.4, 0.5) is 0 Å². The summed E-state index contributed by atoms with van der Waals surface area (Å²) in [5.41, 5.74) is 2.95. The molecule has 0 radical (unpaired) electrons. The van der Waals surface area contributed by atoms with Crippen molar-refractivity contribution in [3.8, 4) is 0 Å². The van der Waals surface area contributed by atoms with Crippen LogP contribution in [-0.4, -0.2) is 35.7 Å². The number of nitrogens with zero attached hydrogens (tertiary/aromatic N) is 1. The lowest BCUT2D eigenvalue weighted by Gasteiger charge is -2.22. The van der Waals surface area contributed by atoms with Crippen molar-refractivity contribution in [2.24, 2.45) is 0 Å². The molecule has 1 aromatic carbocycles. The van der Waals surface area contributed by atoms with E-state index in [0.717, 1.165) is 45.3 Å². The van der Waals surface area contributed by atoms with Gasteiger partial charge >= 0.3 is 0 Å². The third-order valence-corrected chi connectivity index (χ3v) is 3.69. The maximum atomic E-state index is 9.95. The molecule has 2 rings (SSSR count). The minimum atomic E-state index is -0.218. The second-order valence-corrected chi connectivity index (χ2v) is 5.09. The molecule has 0 aromatic heterocycles. The molecule has 0 saturated heterocycles. The van der Waals surface area contributed by atoms with Gasteiger partial charge in [0, 0.05) is 19.6 Å². The van der Waals surface area contributed by atoms with Gasteiger partial charge in [0.2, 0.25) is 0 Å². The van der Waals surface area contributed by atoms with Gasteiger partial charge in [0.05, 0.1) is 6.10 Å². The van der Waals surface area contributed by atoms with E-state index in [9.17, 15) is 5.11 Å². The SMILES string of the molecule is C=CCCC(O)CN1CCc2ccccc2CC1. The molecule has 0 saturated carbocycles. The molecular formula is C16H23NO. The fraction of sp³-hybridized carbons (Fsp3) is 0.500. The van der Waals surface area contributed by atoms with Gasteiger partial charge in [-0.25, -0.2) is 0 Å². The van der Waals surface area contributed by atoms with Crippen LogP contribution in [0.3, 0.4) is 0 Å². The van der Waals surface area contributed by atoms with Crippen LogP contribution in [0, 0.1) is 0 Å². The largest absolute Gasteiger partial charge is 0.392 e. The number of aliphatic hydroxyl groups excluding tert-OH is 1. The third-order valence-electron chi connectivity index (χ3n) is 3.69. The number of benzene rings is 1. The smallest absolute Gasteiger partial charge is 0.0670 e. The van der Waals surface area contributed by atoms with Crippen LogP contribution < -0.4 is 0 Å². The molecule has 1 N–H and O–H groups in total. The molecule has 0 amide bonds. The zero-order valence-corrected chi connectivity index (χ0v) is 11.0. The molecule has 0 aliphatic carbocycles. The van der Waals surface area contributed by atoms with Crippen LogP contribution >= 0.6 is 0 Å². The van der Waals surface area contributed by atoms with Crippen LogP contribution in [0.25, 0.3) is 0 Å². The van der Waals surface area contributed by atoms with E-state index >= 15 is 0 Å². The fourth-order valence-corrected chi connectivity index (χ4v) is 2.60. The molecule has 98 valence electrons. The molecule has 1 unspecified atom stereocenters. The highest BCUT2D eigenvalue weighted by molar-refractivity contribution is 5.28. The van der Waals surface area contributed by atoms with Gasteiger partial charge in [-0.2, -0.15) is 0 Å². The first kappa shape index (κ1) is 13.3. The summed E-state index contributed by atoms with van der Waals surface area (Å²) in [7, 11) is 0. The number of hydrogen-bond acceptors (Lipinski definition) is 2. The lowest BCUT2D eigenvalue weighted by atomic mass is 10.0. The molecule has 1 aliphatic heterocycles. The van der Waals surface area contributed by atoms with Crippen molar-refractivity contribution >= 4 is 0 Å². The van der Waals surface area contributed by atoms with Gasteiger partial charge in [0.1, 0.15) is 0 Å². The van der Waals surface area contributed by atoms with Crippen molar-refractivity contribution in [3.05, 3.63) is 48.0 Å². The summed E-state index contributed by atoms with van der Waals surface area (Å²) in [4.78, 5) is 2.38. The van der Waals surface area contributed by atoms with Crippen LogP contribution in [0.1, 0.15) is 24.0 Å². The lowest BCUT2D eigenvalue weighted by Crippen LogP contribution is -2.34. The van der Waals surface area contributed by atoms with Crippen LogP contribution in [0.5, 0.6) is 0 Å². The van der Waals surface area contributed by atoms with Gasteiger partial charge in [-0.05, 0) is 36.8 Å². The molecule has 2 heteroatoms. The number of rotatable bonds is 5. The second-order valence-electron chi connectivity index (χ2n) is 5.09. The van der Waals surface area contributed by atoms with Crippen LogP contribution in [0.15, 0.2) is 36.9 Å². The Morgan fingerprint density at radius 2 is 1.83 bits per heavy atom. The Labute approximate surface area is 110 Å². The van der Waals surface area contributed by atoms with E-state index in [0.29, 0.717) is 0 Å². The lowest BCUT2D eigenvalue weighted by molar-refractivity contribution is 0.108. The Morgan fingerprint density at radius 3 is 2.39 bits per heavy atom. The standard InChI is InChI=1S/C16H23NO/c1-2-3-8-16(18)13-17-11-9-14-6-4-5-7-15(14)10-12-17/h2,4-7,16,18H,1,3,8-13H2. The first-order valence-corrected chi connectivity index (χ1v) is 6.87. The number of allylic oxidation sites excluding steroid dienone is 1. The maximum absolute atomic E-state index is 9.95. The van der Waals surface area contributed by atoms with E-state index in [1.54, 1.807) is 0 Å². The molecule has 1 aliphatic rings. The minimum absolute atomic E-state index is 0.218. The molecule has 2 nitrogen and oxygen atoms in total. The first-order chi connectivity index (χ1) is 8.79. The number of fused-ring (bicyclic) bond motifs is 1.